The first-order valence-corrected chi connectivity index (χ1v) is 8.63. The number of amides is 1. The Balaban J connectivity index is 1.84. The van der Waals surface area contributed by atoms with Gasteiger partial charge in [0.25, 0.3) is 0 Å². The molecule has 2 N–H and O–H groups in total. The number of alkyl carbamates (subject to hydrolysis) is 1. The Morgan fingerprint density at radius 3 is 2.81 bits per heavy atom. The molecule has 7 nitrogen and oxygen atoms in total. The van der Waals surface area contributed by atoms with Gasteiger partial charge in [0.05, 0.1) is 17.3 Å². The lowest BCUT2D eigenvalue weighted by Gasteiger charge is -2.26. The smallest absolute Gasteiger partial charge is 0.408 e. The van der Waals surface area contributed by atoms with Gasteiger partial charge in [-0.05, 0) is 45.7 Å². The highest BCUT2D eigenvalue weighted by atomic mass is 16.6. The molecule has 1 unspecified atom stereocenters. The Morgan fingerprint density at radius 2 is 2.12 bits per heavy atom. The van der Waals surface area contributed by atoms with Crippen LogP contribution in [0.3, 0.4) is 0 Å². The molecule has 1 amide bonds. The van der Waals surface area contributed by atoms with Crippen LogP contribution in [0.5, 0.6) is 0 Å². The van der Waals surface area contributed by atoms with E-state index in [1.54, 1.807) is 18.2 Å². The molecule has 1 aliphatic rings. The minimum atomic E-state index is -0.972. The third-order valence-electron chi connectivity index (χ3n) is 4.11. The van der Waals surface area contributed by atoms with Crippen molar-refractivity contribution in [2.24, 2.45) is 0 Å². The van der Waals surface area contributed by atoms with Crippen molar-refractivity contribution in [1.29, 1.82) is 0 Å². The van der Waals surface area contributed by atoms with Gasteiger partial charge >= 0.3 is 12.1 Å². The SMILES string of the molecule is CC(C)(C)OC(=O)NC1CCCn2cc(-c3cccc(C(=O)O)c3)nc21. The second-order valence-electron chi connectivity index (χ2n) is 7.40. The maximum absolute atomic E-state index is 12.1. The molecule has 0 aliphatic carbocycles. The summed E-state index contributed by atoms with van der Waals surface area (Å²) in [5, 5.41) is 12.1. The molecule has 2 heterocycles. The molecule has 1 aromatic carbocycles. The third-order valence-corrected chi connectivity index (χ3v) is 4.11. The van der Waals surface area contributed by atoms with Gasteiger partial charge in [-0.15, -0.1) is 0 Å². The van der Waals surface area contributed by atoms with Crippen LogP contribution in [0.15, 0.2) is 30.5 Å². The number of ether oxygens (including phenoxy) is 1. The molecule has 7 heteroatoms. The molecule has 26 heavy (non-hydrogen) atoms. The van der Waals surface area contributed by atoms with Crippen molar-refractivity contribution in [3.8, 4) is 11.3 Å². The van der Waals surface area contributed by atoms with Gasteiger partial charge < -0.3 is 19.7 Å². The number of aromatic nitrogens is 2. The number of rotatable bonds is 3. The maximum atomic E-state index is 12.1. The fourth-order valence-corrected chi connectivity index (χ4v) is 3.02. The summed E-state index contributed by atoms with van der Waals surface area (Å²) in [6, 6.07) is 6.46. The number of aryl methyl sites for hydroxylation is 1. The van der Waals surface area contributed by atoms with Crippen LogP contribution in [0, 0.1) is 0 Å². The number of benzene rings is 1. The molecular weight excluding hydrogens is 334 g/mol. The molecule has 3 rings (SSSR count). The molecule has 0 saturated carbocycles. The van der Waals surface area contributed by atoms with Crippen LogP contribution >= 0.6 is 0 Å². The lowest BCUT2D eigenvalue weighted by atomic mass is 10.1. The summed E-state index contributed by atoms with van der Waals surface area (Å²) in [5.41, 5.74) is 1.09. The number of hydrogen-bond acceptors (Lipinski definition) is 4. The number of hydrogen-bond donors (Lipinski definition) is 2. The predicted molar refractivity (Wildman–Crippen MR) is 96.0 cm³/mol. The Morgan fingerprint density at radius 1 is 1.35 bits per heavy atom. The molecule has 0 radical (unpaired) electrons. The van der Waals surface area contributed by atoms with Crippen molar-refractivity contribution in [2.75, 3.05) is 0 Å². The van der Waals surface area contributed by atoms with Gasteiger partial charge in [-0.25, -0.2) is 14.6 Å². The summed E-state index contributed by atoms with van der Waals surface area (Å²) in [7, 11) is 0. The van der Waals surface area contributed by atoms with E-state index in [0.717, 1.165) is 30.8 Å². The molecule has 138 valence electrons. The first-order valence-electron chi connectivity index (χ1n) is 8.63. The summed E-state index contributed by atoms with van der Waals surface area (Å²) >= 11 is 0. The molecule has 0 spiro atoms. The highest BCUT2D eigenvalue weighted by Gasteiger charge is 2.27. The highest BCUT2D eigenvalue weighted by Crippen LogP contribution is 2.29. The average Bonchev–Trinajstić information content (AvgIpc) is 2.98. The van der Waals surface area contributed by atoms with E-state index in [1.807, 2.05) is 37.6 Å². The number of aromatic carboxylic acids is 1. The zero-order chi connectivity index (χ0) is 18.9. The lowest BCUT2D eigenvalue weighted by molar-refractivity contribution is 0.0492. The van der Waals surface area contributed by atoms with Crippen molar-refractivity contribution >= 4 is 12.1 Å². The number of carbonyl (C=O) groups is 2. The Hall–Kier alpha value is -2.83. The predicted octanol–water partition coefficient (Wildman–Crippen LogP) is 3.61. The second kappa shape index (κ2) is 6.82. The van der Waals surface area contributed by atoms with Gasteiger partial charge in [0.2, 0.25) is 0 Å². The highest BCUT2D eigenvalue weighted by molar-refractivity contribution is 5.89. The Kier molecular flexibility index (Phi) is 4.71. The lowest BCUT2D eigenvalue weighted by Crippen LogP contribution is -2.37. The van der Waals surface area contributed by atoms with E-state index in [9.17, 15) is 9.59 Å². The topological polar surface area (TPSA) is 93.5 Å². The van der Waals surface area contributed by atoms with Crippen molar-refractivity contribution in [3.63, 3.8) is 0 Å². The van der Waals surface area contributed by atoms with Crippen LogP contribution in [0.4, 0.5) is 4.79 Å². The van der Waals surface area contributed by atoms with Crippen LogP contribution in [0.2, 0.25) is 0 Å². The standard InChI is InChI=1S/C19H23N3O4/c1-19(2,3)26-18(25)21-14-8-5-9-22-11-15(20-16(14)22)12-6-4-7-13(10-12)17(23)24/h4,6-7,10-11,14H,5,8-9H2,1-3H3,(H,21,25)(H,23,24). The monoisotopic (exact) mass is 357 g/mol. The van der Waals surface area contributed by atoms with Crippen LogP contribution in [0.1, 0.15) is 55.8 Å². The number of nitrogens with one attached hydrogen (secondary N) is 1. The molecule has 0 saturated heterocycles. The molecule has 2 aromatic rings. The van der Waals surface area contributed by atoms with Crippen LogP contribution in [-0.2, 0) is 11.3 Å². The first kappa shape index (κ1) is 18.0. The van der Waals surface area contributed by atoms with Gasteiger partial charge in [-0.3, -0.25) is 0 Å². The molecular formula is C19H23N3O4. The summed E-state index contributed by atoms with van der Waals surface area (Å²) in [4.78, 5) is 27.9. The van der Waals surface area contributed by atoms with E-state index < -0.39 is 17.7 Å². The van der Waals surface area contributed by atoms with Crippen LogP contribution in [0.25, 0.3) is 11.3 Å². The summed E-state index contributed by atoms with van der Waals surface area (Å²) in [6.45, 7) is 6.28. The molecule has 1 aromatic heterocycles. The van der Waals surface area contributed by atoms with E-state index in [0.29, 0.717) is 5.69 Å². The number of carbonyl (C=O) groups excluding carboxylic acids is 1. The van der Waals surface area contributed by atoms with Crippen molar-refractivity contribution in [1.82, 2.24) is 14.9 Å². The number of imidazole rings is 1. The summed E-state index contributed by atoms with van der Waals surface area (Å²) in [6.07, 6.45) is 3.14. The summed E-state index contributed by atoms with van der Waals surface area (Å²) in [5.74, 6) is -0.210. The van der Waals surface area contributed by atoms with Crippen molar-refractivity contribution in [3.05, 3.63) is 41.9 Å². The number of carboxylic acids is 1. The largest absolute Gasteiger partial charge is 0.478 e. The third kappa shape index (κ3) is 4.04. The molecule has 0 bridgehead atoms. The van der Waals surface area contributed by atoms with E-state index in [1.165, 1.54) is 0 Å². The first-order chi connectivity index (χ1) is 12.2. The summed E-state index contributed by atoms with van der Waals surface area (Å²) < 4.78 is 7.34. The second-order valence-corrected chi connectivity index (χ2v) is 7.40. The zero-order valence-corrected chi connectivity index (χ0v) is 15.2. The van der Waals surface area contributed by atoms with Gasteiger partial charge in [-0.1, -0.05) is 12.1 Å². The van der Waals surface area contributed by atoms with Crippen LogP contribution < -0.4 is 5.32 Å². The van der Waals surface area contributed by atoms with E-state index in [-0.39, 0.29) is 11.6 Å². The average molecular weight is 357 g/mol. The quantitative estimate of drug-likeness (QED) is 0.875. The van der Waals surface area contributed by atoms with E-state index in [4.69, 9.17) is 9.84 Å². The molecule has 1 aliphatic heterocycles. The maximum Gasteiger partial charge on any atom is 0.408 e. The van der Waals surface area contributed by atoms with Crippen molar-refractivity contribution < 1.29 is 19.4 Å². The number of fused-ring (bicyclic) bond motifs is 1. The minimum Gasteiger partial charge on any atom is -0.478 e. The Labute approximate surface area is 152 Å². The molecule has 1 atom stereocenters. The Bertz CT molecular complexity index is 836. The van der Waals surface area contributed by atoms with Gasteiger partial charge in [0, 0.05) is 18.3 Å². The fraction of sp³-hybridized carbons (Fsp3) is 0.421. The van der Waals surface area contributed by atoms with Crippen molar-refractivity contribution in [2.45, 2.75) is 51.8 Å². The zero-order valence-electron chi connectivity index (χ0n) is 15.2. The van der Waals surface area contributed by atoms with E-state index >= 15 is 0 Å². The number of nitrogens with zero attached hydrogens (tertiary/aromatic N) is 2. The van der Waals surface area contributed by atoms with E-state index in [2.05, 4.69) is 10.3 Å². The minimum absolute atomic E-state index is 0.219. The molecule has 0 fully saturated rings. The van der Waals surface area contributed by atoms with Gasteiger partial charge in [-0.2, -0.15) is 0 Å². The van der Waals surface area contributed by atoms with Gasteiger partial charge in [0.1, 0.15) is 11.4 Å². The van der Waals surface area contributed by atoms with Crippen LogP contribution in [-0.4, -0.2) is 32.3 Å². The number of carboxylic acid groups (broad SMARTS) is 1. The fourth-order valence-electron chi connectivity index (χ4n) is 3.02. The van der Waals surface area contributed by atoms with Gasteiger partial charge in [0.15, 0.2) is 0 Å². The normalized spacial score (nSPS) is 16.7.